The minimum atomic E-state index is -0.593. The van der Waals surface area contributed by atoms with E-state index in [0.717, 1.165) is 67.7 Å². The summed E-state index contributed by atoms with van der Waals surface area (Å²) >= 11 is 2.81. The number of carbonyl (C=O) groups is 1. The van der Waals surface area contributed by atoms with Crippen LogP contribution in [0.3, 0.4) is 0 Å². The molecule has 4 rings (SSSR count). The Kier molecular flexibility index (Phi) is 7.34. The van der Waals surface area contributed by atoms with Crippen LogP contribution < -0.4 is 4.72 Å². The van der Waals surface area contributed by atoms with Gasteiger partial charge in [0.2, 0.25) is 6.41 Å². The molecule has 1 amide bonds. The molecule has 174 valence electrons. The summed E-state index contributed by atoms with van der Waals surface area (Å²) < 4.78 is 30.3. The fraction of sp³-hybridized carbons (Fsp3) is 0.148. The van der Waals surface area contributed by atoms with Crippen LogP contribution in [0.5, 0.6) is 0 Å². The zero-order valence-electron chi connectivity index (χ0n) is 19.1. The number of hydrogen-bond donors (Lipinski definition) is 1. The van der Waals surface area contributed by atoms with Gasteiger partial charge in [-0.3, -0.25) is 4.79 Å². The van der Waals surface area contributed by atoms with Gasteiger partial charge in [-0.15, -0.1) is 11.3 Å². The minimum absolute atomic E-state index is 0.331. The summed E-state index contributed by atoms with van der Waals surface area (Å²) in [7, 11) is 1.77. The molecule has 0 fully saturated rings. The van der Waals surface area contributed by atoms with E-state index in [2.05, 4.69) is 48.9 Å². The predicted molar refractivity (Wildman–Crippen MR) is 138 cm³/mol. The van der Waals surface area contributed by atoms with Gasteiger partial charge < -0.3 is 9.62 Å². The van der Waals surface area contributed by atoms with Crippen molar-refractivity contribution in [1.29, 1.82) is 0 Å². The molecular formula is C27H24F2N2OS2. The van der Waals surface area contributed by atoms with Gasteiger partial charge in [0.25, 0.3) is 0 Å². The van der Waals surface area contributed by atoms with E-state index >= 15 is 0 Å². The molecule has 1 heterocycles. The molecule has 0 atom stereocenters. The molecule has 34 heavy (non-hydrogen) atoms. The van der Waals surface area contributed by atoms with E-state index < -0.39 is 11.6 Å². The summed E-state index contributed by atoms with van der Waals surface area (Å²) in [5.74, 6) is -1.19. The van der Waals surface area contributed by atoms with Crippen molar-refractivity contribution in [3.63, 3.8) is 0 Å². The number of hydrogen-bond acceptors (Lipinski definition) is 4. The molecule has 0 unspecified atom stereocenters. The number of benzene rings is 3. The highest BCUT2D eigenvalue weighted by Crippen LogP contribution is 2.38. The highest BCUT2D eigenvalue weighted by Gasteiger charge is 2.11. The van der Waals surface area contributed by atoms with E-state index in [1.54, 1.807) is 23.3 Å². The van der Waals surface area contributed by atoms with Crippen LogP contribution in [0.25, 0.3) is 20.9 Å². The normalized spacial score (nSPS) is 10.9. The van der Waals surface area contributed by atoms with Crippen molar-refractivity contribution >= 4 is 35.4 Å². The summed E-state index contributed by atoms with van der Waals surface area (Å²) in [4.78, 5) is 15.3. The number of anilines is 1. The molecule has 4 aromatic rings. The van der Waals surface area contributed by atoms with E-state index in [1.807, 2.05) is 18.2 Å². The number of amides is 1. The number of carbonyl (C=O) groups excluding carboxylic acids is 1. The van der Waals surface area contributed by atoms with E-state index in [1.165, 1.54) is 12.1 Å². The first-order valence-corrected chi connectivity index (χ1v) is 12.3. The predicted octanol–water partition coefficient (Wildman–Crippen LogP) is 7.68. The monoisotopic (exact) mass is 494 g/mol. The molecule has 1 aromatic heterocycles. The van der Waals surface area contributed by atoms with Gasteiger partial charge in [0.1, 0.15) is 11.6 Å². The molecule has 0 saturated heterocycles. The Labute approximate surface area is 206 Å². The maximum absolute atomic E-state index is 13.9. The fourth-order valence-electron chi connectivity index (χ4n) is 3.56. The maximum atomic E-state index is 13.9. The van der Waals surface area contributed by atoms with Crippen molar-refractivity contribution in [3.05, 3.63) is 95.1 Å². The molecule has 0 saturated carbocycles. The fourth-order valence-corrected chi connectivity index (χ4v) is 5.29. The van der Waals surface area contributed by atoms with Gasteiger partial charge in [-0.1, -0.05) is 18.2 Å². The Balaban J connectivity index is 1.56. The first-order valence-electron chi connectivity index (χ1n) is 10.7. The lowest BCUT2D eigenvalue weighted by atomic mass is 10.0. The highest BCUT2D eigenvalue weighted by atomic mass is 32.2. The summed E-state index contributed by atoms with van der Waals surface area (Å²) in [6, 6.07) is 20.1. The Bertz CT molecular complexity index is 1340. The lowest BCUT2D eigenvalue weighted by Crippen LogP contribution is -2.15. The summed E-state index contributed by atoms with van der Waals surface area (Å²) in [6.07, 6.45) is 0.835. The van der Waals surface area contributed by atoms with Crippen LogP contribution in [0.1, 0.15) is 16.7 Å². The van der Waals surface area contributed by atoms with Crippen LogP contribution in [-0.2, 0) is 11.3 Å². The Morgan fingerprint density at radius 2 is 1.71 bits per heavy atom. The van der Waals surface area contributed by atoms with Gasteiger partial charge >= 0.3 is 0 Å². The number of thiophene rings is 1. The van der Waals surface area contributed by atoms with E-state index in [0.29, 0.717) is 11.4 Å². The molecule has 0 spiro atoms. The molecule has 3 nitrogen and oxygen atoms in total. The van der Waals surface area contributed by atoms with Crippen LogP contribution in [0.15, 0.2) is 71.6 Å². The maximum Gasteiger partial charge on any atom is 0.209 e. The first kappa shape index (κ1) is 24.0. The molecular weight excluding hydrogens is 470 g/mol. The Hall–Kier alpha value is -3.16. The smallest absolute Gasteiger partial charge is 0.209 e. The Morgan fingerprint density at radius 1 is 0.941 bits per heavy atom. The molecule has 3 aromatic carbocycles. The second-order valence-electron chi connectivity index (χ2n) is 8.13. The second-order valence-corrected chi connectivity index (χ2v) is 10.1. The number of halogens is 2. The third kappa shape index (κ3) is 5.48. The number of nitrogens with one attached hydrogen (secondary N) is 1. The summed E-state index contributed by atoms with van der Waals surface area (Å²) in [5.41, 5.74) is 6.45. The van der Waals surface area contributed by atoms with Crippen molar-refractivity contribution in [3.8, 4) is 20.9 Å². The van der Waals surface area contributed by atoms with Crippen molar-refractivity contribution in [2.24, 2.45) is 0 Å². The molecule has 0 aliphatic carbocycles. The summed E-state index contributed by atoms with van der Waals surface area (Å²) in [5, 5.41) is 0. The highest BCUT2D eigenvalue weighted by molar-refractivity contribution is 8.00. The van der Waals surface area contributed by atoms with E-state index in [9.17, 15) is 13.6 Å². The zero-order chi connectivity index (χ0) is 24.2. The molecule has 0 aliphatic rings. The first-order chi connectivity index (χ1) is 16.3. The average molecular weight is 495 g/mol. The molecule has 1 N–H and O–H groups in total. The number of nitrogens with zero attached hydrogens (tertiary/aromatic N) is 1. The van der Waals surface area contributed by atoms with Crippen molar-refractivity contribution in [1.82, 2.24) is 4.90 Å². The third-order valence-corrected chi connectivity index (χ3v) is 7.57. The standard InChI is InChI=1S/C27H24F2N2OS2/c1-17-4-6-19(12-20(17)15-31(3)16-32)25-10-11-26(33-25)23-14-22(8-5-18(23)2)30-34-27-9-7-21(28)13-24(27)29/h4-14,16,30H,15H2,1-3H3. The minimum Gasteiger partial charge on any atom is -0.344 e. The number of rotatable bonds is 8. The molecule has 0 radical (unpaired) electrons. The molecule has 0 bridgehead atoms. The van der Waals surface area contributed by atoms with Crippen LogP contribution in [0, 0.1) is 25.5 Å². The van der Waals surface area contributed by atoms with Gasteiger partial charge in [0.15, 0.2) is 0 Å². The second kappa shape index (κ2) is 10.4. The van der Waals surface area contributed by atoms with Gasteiger partial charge in [0.05, 0.1) is 4.90 Å². The molecule has 0 aliphatic heterocycles. The van der Waals surface area contributed by atoms with Crippen LogP contribution in [0.4, 0.5) is 14.5 Å². The van der Waals surface area contributed by atoms with Crippen LogP contribution in [-0.4, -0.2) is 18.4 Å². The van der Waals surface area contributed by atoms with E-state index in [4.69, 9.17) is 0 Å². The van der Waals surface area contributed by atoms with Crippen molar-refractivity contribution < 1.29 is 13.6 Å². The van der Waals surface area contributed by atoms with Gasteiger partial charge in [0, 0.05) is 35.1 Å². The van der Waals surface area contributed by atoms with Crippen molar-refractivity contribution in [2.45, 2.75) is 25.3 Å². The van der Waals surface area contributed by atoms with Crippen LogP contribution >= 0.6 is 23.3 Å². The lowest BCUT2D eigenvalue weighted by Gasteiger charge is -2.14. The van der Waals surface area contributed by atoms with Gasteiger partial charge in [-0.25, -0.2) is 8.78 Å². The topological polar surface area (TPSA) is 32.3 Å². The molecule has 7 heteroatoms. The van der Waals surface area contributed by atoms with Gasteiger partial charge in [-0.05, 0) is 96.1 Å². The number of aryl methyl sites for hydroxylation is 2. The SMILES string of the molecule is Cc1ccc(-c2ccc(-c3cc(NSc4ccc(F)cc4F)ccc3C)s2)cc1CN(C)C=O. The average Bonchev–Trinajstić information content (AvgIpc) is 3.31. The van der Waals surface area contributed by atoms with Crippen LogP contribution in [0.2, 0.25) is 0 Å². The summed E-state index contributed by atoms with van der Waals surface area (Å²) in [6.45, 7) is 4.68. The third-order valence-electron chi connectivity index (χ3n) is 5.52. The lowest BCUT2D eigenvalue weighted by molar-refractivity contribution is -0.117. The van der Waals surface area contributed by atoms with Gasteiger partial charge in [-0.2, -0.15) is 0 Å². The quantitative estimate of drug-likeness (QED) is 0.201. The Morgan fingerprint density at radius 3 is 2.47 bits per heavy atom. The van der Waals surface area contributed by atoms with E-state index in [-0.39, 0.29) is 0 Å². The zero-order valence-corrected chi connectivity index (χ0v) is 20.7. The van der Waals surface area contributed by atoms with Crippen molar-refractivity contribution in [2.75, 3.05) is 11.8 Å². The largest absolute Gasteiger partial charge is 0.344 e.